The van der Waals surface area contributed by atoms with E-state index in [1.54, 1.807) is 24.3 Å². The van der Waals surface area contributed by atoms with Crippen molar-refractivity contribution in [2.24, 2.45) is 0 Å². The molecular weight excluding hydrogens is 360 g/mol. The van der Waals surface area contributed by atoms with Crippen molar-refractivity contribution in [2.75, 3.05) is 23.9 Å². The maximum Gasteiger partial charge on any atom is 0.115 e. The number of aromatic hydroxyl groups is 2. The number of rotatable bonds is 6. The summed E-state index contributed by atoms with van der Waals surface area (Å²) >= 11 is 6.26. The fraction of sp³-hybridized carbons (Fsp3) is 0.182. The summed E-state index contributed by atoms with van der Waals surface area (Å²) in [6.07, 6.45) is 0. The number of anilines is 2. The Balaban J connectivity index is 1.85. The van der Waals surface area contributed by atoms with Gasteiger partial charge in [0.15, 0.2) is 0 Å². The van der Waals surface area contributed by atoms with E-state index in [0.29, 0.717) is 18.1 Å². The van der Waals surface area contributed by atoms with E-state index >= 15 is 0 Å². The molecule has 0 saturated carbocycles. The highest BCUT2D eigenvalue weighted by atomic mass is 35.5. The van der Waals surface area contributed by atoms with Gasteiger partial charge in [-0.3, -0.25) is 0 Å². The predicted molar refractivity (Wildman–Crippen MR) is 112 cm³/mol. The second-order valence-electron chi connectivity index (χ2n) is 6.68. The van der Waals surface area contributed by atoms with Crippen LogP contribution in [0.4, 0.5) is 11.4 Å². The molecule has 0 heterocycles. The van der Waals surface area contributed by atoms with E-state index in [-0.39, 0.29) is 11.5 Å². The Hall–Kier alpha value is -2.85. The van der Waals surface area contributed by atoms with Crippen molar-refractivity contribution < 1.29 is 10.2 Å². The van der Waals surface area contributed by atoms with Crippen molar-refractivity contribution in [2.45, 2.75) is 13.1 Å². The Morgan fingerprint density at radius 3 is 1.74 bits per heavy atom. The lowest BCUT2D eigenvalue weighted by Gasteiger charge is -2.28. The number of benzene rings is 3. The number of phenols is 2. The van der Waals surface area contributed by atoms with Gasteiger partial charge in [-0.2, -0.15) is 0 Å². The topological polar surface area (TPSA) is 46.9 Å². The maximum atomic E-state index is 9.70. The standard InChI is InChI=1S/C22H23ClN2O2/c1-24(14-16-5-3-7-19(26)11-16)21-10-9-18(23)13-22(21)25(2)15-17-6-4-8-20(27)12-17/h3-13,26-27H,14-15H2,1-2H3. The van der Waals surface area contributed by atoms with Gasteiger partial charge in [0.2, 0.25) is 0 Å². The Labute approximate surface area is 164 Å². The van der Waals surface area contributed by atoms with Gasteiger partial charge in [0.05, 0.1) is 11.4 Å². The smallest absolute Gasteiger partial charge is 0.115 e. The van der Waals surface area contributed by atoms with Crippen LogP contribution in [0.2, 0.25) is 5.02 Å². The van der Waals surface area contributed by atoms with Crippen LogP contribution in [0.1, 0.15) is 11.1 Å². The fourth-order valence-corrected chi connectivity index (χ4v) is 3.32. The third-order valence-electron chi connectivity index (χ3n) is 4.42. The highest BCUT2D eigenvalue weighted by molar-refractivity contribution is 6.31. The second-order valence-corrected chi connectivity index (χ2v) is 7.12. The first-order valence-corrected chi connectivity index (χ1v) is 9.08. The monoisotopic (exact) mass is 382 g/mol. The molecule has 0 saturated heterocycles. The first kappa shape index (κ1) is 18.9. The van der Waals surface area contributed by atoms with Gasteiger partial charge >= 0.3 is 0 Å². The average molecular weight is 383 g/mol. The Morgan fingerprint density at radius 2 is 1.22 bits per heavy atom. The molecule has 0 bridgehead atoms. The normalized spacial score (nSPS) is 10.6. The van der Waals surface area contributed by atoms with Crippen LogP contribution in [0.15, 0.2) is 66.7 Å². The van der Waals surface area contributed by atoms with Crippen LogP contribution in [-0.4, -0.2) is 24.3 Å². The first-order valence-electron chi connectivity index (χ1n) is 8.70. The molecule has 0 aliphatic heterocycles. The molecule has 4 nitrogen and oxygen atoms in total. The molecule has 0 atom stereocenters. The zero-order valence-electron chi connectivity index (χ0n) is 15.4. The predicted octanol–water partition coefficient (Wildman–Crippen LogP) is 5.02. The van der Waals surface area contributed by atoms with Crippen molar-refractivity contribution in [3.05, 3.63) is 82.9 Å². The van der Waals surface area contributed by atoms with Crippen LogP contribution in [0.3, 0.4) is 0 Å². The van der Waals surface area contributed by atoms with E-state index in [9.17, 15) is 10.2 Å². The van der Waals surface area contributed by atoms with E-state index in [2.05, 4.69) is 9.80 Å². The third kappa shape index (κ3) is 4.86. The molecule has 0 aliphatic carbocycles. The minimum atomic E-state index is 0.258. The van der Waals surface area contributed by atoms with Crippen LogP contribution < -0.4 is 9.80 Å². The van der Waals surface area contributed by atoms with Crippen LogP contribution in [0, 0.1) is 0 Å². The van der Waals surface area contributed by atoms with Crippen LogP contribution >= 0.6 is 11.6 Å². The molecule has 0 amide bonds. The summed E-state index contributed by atoms with van der Waals surface area (Å²) in [6.45, 7) is 1.30. The molecule has 3 aromatic rings. The summed E-state index contributed by atoms with van der Waals surface area (Å²) < 4.78 is 0. The molecule has 0 aliphatic rings. The van der Waals surface area contributed by atoms with Gasteiger partial charge in [-0.15, -0.1) is 0 Å². The molecule has 0 fully saturated rings. The van der Waals surface area contributed by atoms with Crippen molar-refractivity contribution in [1.29, 1.82) is 0 Å². The maximum absolute atomic E-state index is 9.70. The highest BCUT2D eigenvalue weighted by Crippen LogP contribution is 2.33. The van der Waals surface area contributed by atoms with Gasteiger partial charge in [-0.1, -0.05) is 35.9 Å². The van der Waals surface area contributed by atoms with E-state index in [1.165, 1.54) is 0 Å². The van der Waals surface area contributed by atoms with E-state index in [1.807, 2.05) is 56.6 Å². The number of nitrogens with zero attached hydrogens (tertiary/aromatic N) is 2. The zero-order valence-corrected chi connectivity index (χ0v) is 16.2. The highest BCUT2D eigenvalue weighted by Gasteiger charge is 2.13. The summed E-state index contributed by atoms with van der Waals surface area (Å²) in [4.78, 5) is 4.23. The lowest BCUT2D eigenvalue weighted by Crippen LogP contribution is -2.23. The summed E-state index contributed by atoms with van der Waals surface area (Å²) in [5.41, 5.74) is 4.06. The van der Waals surface area contributed by atoms with E-state index in [0.717, 1.165) is 22.5 Å². The largest absolute Gasteiger partial charge is 0.508 e. The molecule has 3 aromatic carbocycles. The quantitative estimate of drug-likeness (QED) is 0.628. The minimum absolute atomic E-state index is 0.258. The van der Waals surface area contributed by atoms with Crippen molar-refractivity contribution >= 4 is 23.0 Å². The summed E-state index contributed by atoms with van der Waals surface area (Å²) in [7, 11) is 4.01. The Bertz CT molecular complexity index is 930. The summed E-state index contributed by atoms with van der Waals surface area (Å²) in [6, 6.07) is 20.3. The number of halogens is 1. The molecule has 0 radical (unpaired) electrons. The number of hydrogen-bond donors (Lipinski definition) is 2. The first-order chi connectivity index (χ1) is 12.9. The third-order valence-corrected chi connectivity index (χ3v) is 4.66. The second kappa shape index (κ2) is 8.23. The van der Waals surface area contributed by atoms with Gasteiger partial charge in [0, 0.05) is 32.2 Å². The molecule has 27 heavy (non-hydrogen) atoms. The fourth-order valence-electron chi connectivity index (χ4n) is 3.15. The van der Waals surface area contributed by atoms with Gasteiger partial charge in [-0.05, 0) is 53.6 Å². The average Bonchev–Trinajstić information content (AvgIpc) is 2.61. The van der Waals surface area contributed by atoms with Crippen molar-refractivity contribution in [1.82, 2.24) is 0 Å². The molecular formula is C22H23ClN2O2. The molecule has 5 heteroatoms. The lowest BCUT2D eigenvalue weighted by molar-refractivity contribution is 0.474. The summed E-state index contributed by atoms with van der Waals surface area (Å²) in [5.74, 6) is 0.520. The molecule has 0 unspecified atom stereocenters. The minimum Gasteiger partial charge on any atom is -0.508 e. The van der Waals surface area contributed by atoms with Crippen molar-refractivity contribution in [3.8, 4) is 11.5 Å². The molecule has 2 N–H and O–H groups in total. The number of phenolic OH excluding ortho intramolecular Hbond substituents is 2. The van der Waals surface area contributed by atoms with E-state index < -0.39 is 0 Å². The van der Waals surface area contributed by atoms with Crippen LogP contribution in [-0.2, 0) is 13.1 Å². The SMILES string of the molecule is CN(Cc1cccc(O)c1)c1ccc(Cl)cc1N(C)Cc1cccc(O)c1. The van der Waals surface area contributed by atoms with Gasteiger partial charge in [-0.25, -0.2) is 0 Å². The molecule has 0 spiro atoms. The van der Waals surface area contributed by atoms with Crippen LogP contribution in [0.25, 0.3) is 0 Å². The molecule has 3 rings (SSSR count). The van der Waals surface area contributed by atoms with E-state index in [4.69, 9.17) is 11.6 Å². The molecule has 140 valence electrons. The lowest BCUT2D eigenvalue weighted by atomic mass is 10.1. The summed E-state index contributed by atoms with van der Waals surface area (Å²) in [5, 5.41) is 20.1. The van der Waals surface area contributed by atoms with Crippen LogP contribution in [0.5, 0.6) is 11.5 Å². The Kier molecular flexibility index (Phi) is 5.77. The Morgan fingerprint density at radius 1 is 0.704 bits per heavy atom. The van der Waals surface area contributed by atoms with Gasteiger partial charge < -0.3 is 20.0 Å². The van der Waals surface area contributed by atoms with Gasteiger partial charge in [0.25, 0.3) is 0 Å². The zero-order chi connectivity index (χ0) is 19.4. The van der Waals surface area contributed by atoms with Gasteiger partial charge in [0.1, 0.15) is 11.5 Å². The molecule has 0 aromatic heterocycles. The number of hydrogen-bond acceptors (Lipinski definition) is 4. The van der Waals surface area contributed by atoms with Crippen molar-refractivity contribution in [3.63, 3.8) is 0 Å².